The van der Waals surface area contributed by atoms with Crippen LogP contribution < -0.4 is 5.32 Å². The predicted molar refractivity (Wildman–Crippen MR) is 84.5 cm³/mol. The van der Waals surface area contributed by atoms with Crippen molar-refractivity contribution in [2.24, 2.45) is 5.92 Å². The molecule has 0 bridgehead atoms. The SMILES string of the molecule is CC(C)(C)c1ccc(C(=O)NCC2CCCC2Cl)cc1. The van der Waals surface area contributed by atoms with Crippen LogP contribution in [0.3, 0.4) is 0 Å². The van der Waals surface area contributed by atoms with Crippen LogP contribution in [0, 0.1) is 5.92 Å². The lowest BCUT2D eigenvalue weighted by Gasteiger charge is -2.19. The Morgan fingerprint density at radius 2 is 1.90 bits per heavy atom. The van der Waals surface area contributed by atoms with Crippen LogP contribution in [-0.4, -0.2) is 17.8 Å². The molecule has 20 heavy (non-hydrogen) atoms. The molecule has 0 spiro atoms. The first-order chi connectivity index (χ1) is 9.38. The number of nitrogens with one attached hydrogen (secondary N) is 1. The van der Waals surface area contributed by atoms with E-state index in [1.807, 2.05) is 24.3 Å². The number of rotatable bonds is 3. The quantitative estimate of drug-likeness (QED) is 0.835. The zero-order valence-electron chi connectivity index (χ0n) is 12.6. The van der Waals surface area contributed by atoms with Crippen molar-refractivity contribution in [3.63, 3.8) is 0 Å². The highest BCUT2D eigenvalue weighted by molar-refractivity contribution is 6.21. The average molecular weight is 294 g/mol. The van der Waals surface area contributed by atoms with E-state index in [2.05, 4.69) is 26.1 Å². The van der Waals surface area contributed by atoms with E-state index in [-0.39, 0.29) is 16.7 Å². The lowest BCUT2D eigenvalue weighted by molar-refractivity contribution is 0.0947. The highest BCUT2D eigenvalue weighted by atomic mass is 35.5. The van der Waals surface area contributed by atoms with Crippen molar-refractivity contribution < 1.29 is 4.79 Å². The van der Waals surface area contributed by atoms with E-state index in [4.69, 9.17) is 11.6 Å². The van der Waals surface area contributed by atoms with Crippen molar-refractivity contribution in [1.82, 2.24) is 5.32 Å². The second-order valence-corrected chi connectivity index (χ2v) is 7.30. The number of benzene rings is 1. The summed E-state index contributed by atoms with van der Waals surface area (Å²) < 4.78 is 0. The summed E-state index contributed by atoms with van der Waals surface area (Å²) in [6.07, 6.45) is 3.37. The molecule has 0 aliphatic heterocycles. The number of halogens is 1. The molecular weight excluding hydrogens is 270 g/mol. The molecule has 2 rings (SSSR count). The first-order valence-corrected chi connectivity index (χ1v) is 7.84. The molecule has 3 heteroatoms. The van der Waals surface area contributed by atoms with Crippen LogP contribution in [0.25, 0.3) is 0 Å². The number of carbonyl (C=O) groups is 1. The Hall–Kier alpha value is -1.02. The maximum atomic E-state index is 12.1. The molecule has 1 N–H and O–H groups in total. The van der Waals surface area contributed by atoms with Gasteiger partial charge in [0.05, 0.1) is 0 Å². The smallest absolute Gasteiger partial charge is 0.251 e. The summed E-state index contributed by atoms with van der Waals surface area (Å²) in [5.41, 5.74) is 2.08. The fourth-order valence-electron chi connectivity index (χ4n) is 2.67. The van der Waals surface area contributed by atoms with Gasteiger partial charge < -0.3 is 5.32 Å². The Labute approximate surface area is 126 Å². The molecule has 0 heterocycles. The van der Waals surface area contributed by atoms with Gasteiger partial charge in [-0.15, -0.1) is 11.6 Å². The molecular formula is C17H24ClNO. The molecule has 1 aliphatic rings. The molecule has 1 aromatic rings. The molecule has 1 aliphatic carbocycles. The molecule has 2 atom stereocenters. The van der Waals surface area contributed by atoms with Gasteiger partial charge in [0.2, 0.25) is 0 Å². The largest absolute Gasteiger partial charge is 0.352 e. The Bertz CT molecular complexity index is 461. The van der Waals surface area contributed by atoms with Gasteiger partial charge in [0.15, 0.2) is 0 Å². The molecule has 1 fully saturated rings. The van der Waals surface area contributed by atoms with E-state index >= 15 is 0 Å². The predicted octanol–water partition coefficient (Wildman–Crippen LogP) is 4.12. The monoisotopic (exact) mass is 293 g/mol. The third kappa shape index (κ3) is 3.76. The van der Waals surface area contributed by atoms with Crippen molar-refractivity contribution in [2.45, 2.75) is 50.8 Å². The third-order valence-electron chi connectivity index (χ3n) is 4.10. The van der Waals surface area contributed by atoms with Crippen molar-refractivity contribution in [3.8, 4) is 0 Å². The second-order valence-electron chi connectivity index (χ2n) is 6.74. The zero-order valence-corrected chi connectivity index (χ0v) is 13.3. The Balaban J connectivity index is 1.92. The van der Waals surface area contributed by atoms with Crippen LogP contribution in [0.1, 0.15) is 56.0 Å². The van der Waals surface area contributed by atoms with E-state index < -0.39 is 0 Å². The summed E-state index contributed by atoms with van der Waals surface area (Å²) in [6, 6.07) is 7.88. The summed E-state index contributed by atoms with van der Waals surface area (Å²) in [5, 5.41) is 3.23. The summed E-state index contributed by atoms with van der Waals surface area (Å²) in [4.78, 5) is 12.1. The van der Waals surface area contributed by atoms with Crippen molar-refractivity contribution >= 4 is 17.5 Å². The minimum atomic E-state index is 0.00114. The van der Waals surface area contributed by atoms with Gasteiger partial charge in [-0.25, -0.2) is 0 Å². The molecule has 110 valence electrons. The van der Waals surface area contributed by atoms with E-state index in [1.54, 1.807) is 0 Å². The van der Waals surface area contributed by atoms with Gasteiger partial charge >= 0.3 is 0 Å². The van der Waals surface area contributed by atoms with E-state index in [0.29, 0.717) is 12.5 Å². The molecule has 0 aromatic heterocycles. The standard InChI is InChI=1S/C17H24ClNO/c1-17(2,3)14-9-7-12(8-10-14)16(20)19-11-13-5-4-6-15(13)18/h7-10,13,15H,4-6,11H2,1-3H3,(H,19,20). The fourth-order valence-corrected chi connectivity index (χ4v) is 3.04. The van der Waals surface area contributed by atoms with Crippen LogP contribution in [0.15, 0.2) is 24.3 Å². The molecule has 2 nitrogen and oxygen atoms in total. The summed E-state index contributed by atoms with van der Waals surface area (Å²) in [6.45, 7) is 7.20. The maximum Gasteiger partial charge on any atom is 0.251 e. The molecule has 1 aromatic carbocycles. The highest BCUT2D eigenvalue weighted by Gasteiger charge is 2.25. The Morgan fingerprint density at radius 1 is 1.25 bits per heavy atom. The van der Waals surface area contributed by atoms with E-state index in [9.17, 15) is 4.79 Å². The van der Waals surface area contributed by atoms with Crippen LogP contribution >= 0.6 is 11.6 Å². The first-order valence-electron chi connectivity index (χ1n) is 7.41. The normalized spacial score (nSPS) is 22.8. The van der Waals surface area contributed by atoms with Gasteiger partial charge in [-0.3, -0.25) is 4.79 Å². The number of alkyl halides is 1. The van der Waals surface area contributed by atoms with Crippen molar-refractivity contribution in [2.75, 3.05) is 6.54 Å². The van der Waals surface area contributed by atoms with Crippen LogP contribution in [0.4, 0.5) is 0 Å². The lowest BCUT2D eigenvalue weighted by atomic mass is 9.87. The molecule has 0 saturated heterocycles. The van der Waals surface area contributed by atoms with Crippen molar-refractivity contribution in [1.29, 1.82) is 0 Å². The Morgan fingerprint density at radius 3 is 2.40 bits per heavy atom. The summed E-state index contributed by atoms with van der Waals surface area (Å²) >= 11 is 6.23. The van der Waals surface area contributed by atoms with Crippen LogP contribution in [-0.2, 0) is 5.41 Å². The molecule has 1 amide bonds. The fraction of sp³-hybridized carbons (Fsp3) is 0.588. The van der Waals surface area contributed by atoms with Gasteiger partial charge in [0, 0.05) is 17.5 Å². The summed E-state index contributed by atoms with van der Waals surface area (Å²) in [7, 11) is 0. The zero-order chi connectivity index (χ0) is 14.8. The van der Waals surface area contributed by atoms with E-state index in [0.717, 1.165) is 18.4 Å². The Kier molecular flexibility index (Phi) is 4.74. The summed E-state index contributed by atoms with van der Waals surface area (Å²) in [5.74, 6) is 0.427. The lowest BCUT2D eigenvalue weighted by Crippen LogP contribution is -2.31. The van der Waals surface area contributed by atoms with Crippen LogP contribution in [0.2, 0.25) is 0 Å². The van der Waals surface area contributed by atoms with Gasteiger partial charge in [0.1, 0.15) is 0 Å². The minimum Gasteiger partial charge on any atom is -0.352 e. The van der Waals surface area contributed by atoms with Gasteiger partial charge in [-0.05, 0) is 41.9 Å². The first kappa shape index (κ1) is 15.4. The number of carbonyl (C=O) groups excluding carboxylic acids is 1. The average Bonchev–Trinajstić information content (AvgIpc) is 2.81. The van der Waals surface area contributed by atoms with Gasteiger partial charge in [-0.1, -0.05) is 39.3 Å². The highest BCUT2D eigenvalue weighted by Crippen LogP contribution is 2.29. The topological polar surface area (TPSA) is 29.1 Å². The maximum absolute atomic E-state index is 12.1. The third-order valence-corrected chi connectivity index (χ3v) is 4.68. The molecule has 2 unspecified atom stereocenters. The second kappa shape index (κ2) is 6.17. The van der Waals surface area contributed by atoms with Gasteiger partial charge in [-0.2, -0.15) is 0 Å². The number of hydrogen-bond acceptors (Lipinski definition) is 1. The van der Waals surface area contributed by atoms with Crippen LogP contribution in [0.5, 0.6) is 0 Å². The van der Waals surface area contributed by atoms with Gasteiger partial charge in [0.25, 0.3) is 5.91 Å². The number of hydrogen-bond donors (Lipinski definition) is 1. The molecule has 0 radical (unpaired) electrons. The molecule has 1 saturated carbocycles. The van der Waals surface area contributed by atoms with E-state index in [1.165, 1.54) is 12.0 Å². The van der Waals surface area contributed by atoms with Crippen molar-refractivity contribution in [3.05, 3.63) is 35.4 Å². The number of amides is 1. The minimum absolute atomic E-state index is 0.00114.